The van der Waals surface area contributed by atoms with Crippen molar-refractivity contribution in [1.29, 1.82) is 0 Å². The van der Waals surface area contributed by atoms with Crippen molar-refractivity contribution in [2.24, 2.45) is 0 Å². The summed E-state index contributed by atoms with van der Waals surface area (Å²) in [4.78, 5) is 12.8. The molecule has 0 spiro atoms. The molecule has 2 aromatic carbocycles. The van der Waals surface area contributed by atoms with Crippen LogP contribution in [-0.4, -0.2) is 5.91 Å². The molecule has 128 valence electrons. The summed E-state index contributed by atoms with van der Waals surface area (Å²) in [6, 6.07) is 13.6. The number of carbonyl (C=O) groups excluding carboxylic acids is 1. The van der Waals surface area contributed by atoms with E-state index in [9.17, 15) is 9.18 Å². The fourth-order valence-electron chi connectivity index (χ4n) is 2.51. The number of rotatable bonds is 5. The summed E-state index contributed by atoms with van der Waals surface area (Å²) in [7, 11) is 0. The van der Waals surface area contributed by atoms with E-state index in [0.717, 1.165) is 22.4 Å². The maximum atomic E-state index is 13.2. The summed E-state index contributed by atoms with van der Waals surface area (Å²) < 4.78 is 19.1. The van der Waals surface area contributed by atoms with E-state index in [1.54, 1.807) is 18.2 Å². The molecule has 1 heterocycles. The number of anilines is 1. The number of benzene rings is 2. The monoisotopic (exact) mass is 355 g/mol. The minimum absolute atomic E-state index is 0.256. The second-order valence-corrected chi connectivity index (χ2v) is 6.70. The summed E-state index contributed by atoms with van der Waals surface area (Å²) >= 11 is 1.34. The average molecular weight is 355 g/mol. The van der Waals surface area contributed by atoms with Crippen molar-refractivity contribution >= 4 is 22.9 Å². The number of ether oxygens (including phenoxy) is 1. The molecule has 1 amide bonds. The first-order valence-corrected chi connectivity index (χ1v) is 8.74. The van der Waals surface area contributed by atoms with Gasteiger partial charge in [0.05, 0.1) is 4.88 Å². The van der Waals surface area contributed by atoms with Gasteiger partial charge in [-0.05, 0) is 54.6 Å². The number of hydrogen-bond acceptors (Lipinski definition) is 3. The Morgan fingerprint density at radius 3 is 2.56 bits per heavy atom. The fraction of sp³-hybridized carbons (Fsp3) is 0.150. The van der Waals surface area contributed by atoms with Crippen molar-refractivity contribution < 1.29 is 13.9 Å². The molecule has 0 bridgehead atoms. The van der Waals surface area contributed by atoms with Gasteiger partial charge in [-0.15, -0.1) is 11.3 Å². The van der Waals surface area contributed by atoms with Crippen LogP contribution in [-0.2, 0) is 6.61 Å². The van der Waals surface area contributed by atoms with Crippen LogP contribution in [0.15, 0.2) is 53.9 Å². The number of carbonyl (C=O) groups is 1. The van der Waals surface area contributed by atoms with E-state index < -0.39 is 0 Å². The number of hydrogen-bond donors (Lipinski definition) is 1. The van der Waals surface area contributed by atoms with Crippen molar-refractivity contribution in [3.63, 3.8) is 0 Å². The lowest BCUT2D eigenvalue weighted by Crippen LogP contribution is -2.10. The Morgan fingerprint density at radius 1 is 1.12 bits per heavy atom. The van der Waals surface area contributed by atoms with E-state index in [0.29, 0.717) is 17.2 Å². The smallest absolute Gasteiger partial charge is 0.265 e. The van der Waals surface area contributed by atoms with Gasteiger partial charge in [0.15, 0.2) is 0 Å². The molecule has 0 aliphatic rings. The minimum atomic E-state index is -0.383. The average Bonchev–Trinajstić information content (AvgIpc) is 3.03. The Bertz CT molecular complexity index is 884. The molecule has 0 atom stereocenters. The van der Waals surface area contributed by atoms with Gasteiger partial charge in [-0.3, -0.25) is 4.79 Å². The molecular weight excluding hydrogens is 337 g/mol. The second kappa shape index (κ2) is 7.49. The molecule has 0 fully saturated rings. The molecule has 0 aliphatic heterocycles. The van der Waals surface area contributed by atoms with Crippen molar-refractivity contribution in [3.05, 3.63) is 81.3 Å². The van der Waals surface area contributed by atoms with Crippen LogP contribution in [0.4, 0.5) is 10.1 Å². The van der Waals surface area contributed by atoms with Gasteiger partial charge < -0.3 is 10.1 Å². The van der Waals surface area contributed by atoms with Crippen molar-refractivity contribution in [1.82, 2.24) is 0 Å². The molecule has 5 heteroatoms. The lowest BCUT2D eigenvalue weighted by atomic mass is 10.1. The molecule has 0 saturated heterocycles. The second-order valence-electron chi connectivity index (χ2n) is 5.79. The first kappa shape index (κ1) is 17.2. The van der Waals surface area contributed by atoms with E-state index in [4.69, 9.17) is 4.74 Å². The van der Waals surface area contributed by atoms with Gasteiger partial charge in [-0.25, -0.2) is 4.39 Å². The van der Waals surface area contributed by atoms with Gasteiger partial charge in [-0.2, -0.15) is 0 Å². The molecule has 3 rings (SSSR count). The predicted octanol–water partition coefficient (Wildman–Crippen LogP) is 5.34. The summed E-state index contributed by atoms with van der Waals surface area (Å²) in [5, 5.41) is 4.59. The summed E-state index contributed by atoms with van der Waals surface area (Å²) in [5.41, 5.74) is 3.53. The van der Waals surface area contributed by atoms with Crippen LogP contribution < -0.4 is 10.1 Å². The van der Waals surface area contributed by atoms with Crippen LogP contribution in [0.25, 0.3) is 0 Å². The zero-order valence-corrected chi connectivity index (χ0v) is 14.8. The van der Waals surface area contributed by atoms with Gasteiger partial charge in [0.2, 0.25) is 0 Å². The van der Waals surface area contributed by atoms with Crippen LogP contribution in [0, 0.1) is 19.7 Å². The highest BCUT2D eigenvalue weighted by Gasteiger charge is 2.11. The zero-order valence-electron chi connectivity index (χ0n) is 14.0. The van der Waals surface area contributed by atoms with E-state index in [-0.39, 0.29) is 11.7 Å². The lowest BCUT2D eigenvalue weighted by Gasteiger charge is -2.10. The number of para-hydroxylation sites is 1. The molecule has 0 unspecified atom stereocenters. The predicted molar refractivity (Wildman–Crippen MR) is 98.9 cm³/mol. The maximum absolute atomic E-state index is 13.2. The summed E-state index contributed by atoms with van der Waals surface area (Å²) in [6.07, 6.45) is 0. The Hall–Kier alpha value is -2.66. The van der Waals surface area contributed by atoms with Gasteiger partial charge in [-0.1, -0.05) is 24.3 Å². The quantitative estimate of drug-likeness (QED) is 0.671. The molecule has 0 saturated carbocycles. The first-order valence-electron chi connectivity index (χ1n) is 7.86. The van der Waals surface area contributed by atoms with Crippen molar-refractivity contribution in [2.75, 3.05) is 5.32 Å². The van der Waals surface area contributed by atoms with E-state index in [1.165, 1.54) is 23.5 Å². The fourth-order valence-corrected chi connectivity index (χ4v) is 3.30. The molecular formula is C20H18FNO2S. The first-order chi connectivity index (χ1) is 12.0. The third-order valence-electron chi connectivity index (χ3n) is 3.75. The number of aryl methyl sites for hydroxylation is 2. The number of halogens is 1. The molecule has 25 heavy (non-hydrogen) atoms. The van der Waals surface area contributed by atoms with Crippen molar-refractivity contribution in [2.45, 2.75) is 20.5 Å². The zero-order chi connectivity index (χ0) is 17.8. The highest BCUT2D eigenvalue weighted by Crippen LogP contribution is 2.25. The Balaban J connectivity index is 1.65. The van der Waals surface area contributed by atoms with Gasteiger partial charge >= 0.3 is 0 Å². The summed E-state index contributed by atoms with van der Waals surface area (Å²) in [6.45, 7) is 4.41. The van der Waals surface area contributed by atoms with Gasteiger partial charge in [0, 0.05) is 11.3 Å². The number of amides is 1. The third-order valence-corrected chi connectivity index (χ3v) is 4.73. The summed E-state index contributed by atoms with van der Waals surface area (Å²) in [5.74, 6) is 0.236. The third kappa shape index (κ3) is 4.25. The van der Waals surface area contributed by atoms with Crippen LogP contribution >= 0.6 is 11.3 Å². The molecule has 0 aliphatic carbocycles. The Labute approximate surface area is 150 Å². The maximum Gasteiger partial charge on any atom is 0.265 e. The van der Waals surface area contributed by atoms with E-state index in [1.807, 2.05) is 37.4 Å². The van der Waals surface area contributed by atoms with Crippen LogP contribution in [0.2, 0.25) is 0 Å². The molecule has 0 radical (unpaired) electrons. The number of nitrogens with one attached hydrogen (secondary N) is 1. The van der Waals surface area contributed by atoms with Crippen LogP contribution in [0.5, 0.6) is 5.75 Å². The SMILES string of the molecule is Cc1cccc(C)c1OCc1csc(C(=O)Nc2cccc(F)c2)c1. The van der Waals surface area contributed by atoms with Crippen LogP contribution in [0.3, 0.4) is 0 Å². The normalized spacial score (nSPS) is 10.5. The highest BCUT2D eigenvalue weighted by atomic mass is 32.1. The highest BCUT2D eigenvalue weighted by molar-refractivity contribution is 7.12. The standard InChI is InChI=1S/C20H18FNO2S/c1-13-5-3-6-14(2)19(13)24-11-15-9-18(25-12-15)20(23)22-17-8-4-7-16(21)10-17/h3-10,12H,11H2,1-2H3,(H,22,23). The molecule has 1 N–H and O–H groups in total. The van der Waals surface area contributed by atoms with E-state index in [2.05, 4.69) is 5.32 Å². The van der Waals surface area contributed by atoms with Gasteiger partial charge in [0.25, 0.3) is 5.91 Å². The van der Waals surface area contributed by atoms with Gasteiger partial charge in [0.1, 0.15) is 18.2 Å². The minimum Gasteiger partial charge on any atom is -0.488 e. The molecule has 3 nitrogen and oxygen atoms in total. The number of thiophene rings is 1. The van der Waals surface area contributed by atoms with Crippen molar-refractivity contribution in [3.8, 4) is 5.75 Å². The molecule has 1 aromatic heterocycles. The Morgan fingerprint density at radius 2 is 1.84 bits per heavy atom. The Kier molecular flexibility index (Phi) is 5.14. The van der Waals surface area contributed by atoms with E-state index >= 15 is 0 Å². The largest absolute Gasteiger partial charge is 0.488 e. The lowest BCUT2D eigenvalue weighted by molar-refractivity contribution is 0.103. The molecule has 3 aromatic rings. The topological polar surface area (TPSA) is 38.3 Å². The van der Waals surface area contributed by atoms with Crippen LogP contribution in [0.1, 0.15) is 26.4 Å².